The highest BCUT2D eigenvalue weighted by Gasteiger charge is 2.12. The van der Waals surface area contributed by atoms with Crippen LogP contribution in [0.2, 0.25) is 0 Å². The second-order valence-corrected chi connectivity index (χ2v) is 5.40. The van der Waals surface area contributed by atoms with Gasteiger partial charge in [-0.3, -0.25) is 0 Å². The molecule has 0 amide bonds. The molecule has 0 aliphatic carbocycles. The van der Waals surface area contributed by atoms with Gasteiger partial charge in [-0.2, -0.15) is 0 Å². The standard InChI is InChI=1S/C15H14BrF2N/c1-9-6-11(17)4-5-13(9)15(19)7-10-2-3-12(18)8-14(10)16/h2-6,8,15H,7,19H2,1H3. The summed E-state index contributed by atoms with van der Waals surface area (Å²) >= 11 is 3.32. The lowest BCUT2D eigenvalue weighted by atomic mass is 9.96. The van der Waals surface area contributed by atoms with Gasteiger partial charge in [0.2, 0.25) is 0 Å². The first-order valence-corrected chi connectivity index (χ1v) is 6.72. The Balaban J connectivity index is 2.23. The lowest BCUT2D eigenvalue weighted by molar-refractivity contribution is 0.619. The maximum atomic E-state index is 13.1. The zero-order chi connectivity index (χ0) is 14.0. The smallest absolute Gasteiger partial charge is 0.124 e. The molecule has 0 fully saturated rings. The van der Waals surface area contributed by atoms with Crippen LogP contribution in [-0.4, -0.2) is 0 Å². The molecule has 1 atom stereocenters. The number of hydrogen-bond acceptors (Lipinski definition) is 1. The number of nitrogens with two attached hydrogens (primary N) is 1. The normalized spacial score (nSPS) is 12.5. The van der Waals surface area contributed by atoms with Crippen LogP contribution in [0.1, 0.15) is 22.7 Å². The van der Waals surface area contributed by atoms with E-state index in [1.165, 1.54) is 24.3 Å². The van der Waals surface area contributed by atoms with Crippen LogP contribution in [0.15, 0.2) is 40.9 Å². The summed E-state index contributed by atoms with van der Waals surface area (Å²) in [5, 5.41) is 0. The summed E-state index contributed by atoms with van der Waals surface area (Å²) in [6.07, 6.45) is 0.563. The molecule has 2 aromatic rings. The Morgan fingerprint density at radius 1 is 1.11 bits per heavy atom. The summed E-state index contributed by atoms with van der Waals surface area (Å²) in [7, 11) is 0. The Hall–Kier alpha value is -1.26. The first-order chi connectivity index (χ1) is 8.97. The monoisotopic (exact) mass is 325 g/mol. The van der Waals surface area contributed by atoms with Crippen molar-refractivity contribution < 1.29 is 8.78 Å². The van der Waals surface area contributed by atoms with E-state index in [0.29, 0.717) is 10.9 Å². The number of hydrogen-bond donors (Lipinski definition) is 1. The quantitative estimate of drug-likeness (QED) is 0.895. The third kappa shape index (κ3) is 3.39. The molecule has 1 nitrogen and oxygen atoms in total. The van der Waals surface area contributed by atoms with Gasteiger partial charge >= 0.3 is 0 Å². The number of halogens is 3. The van der Waals surface area contributed by atoms with Crippen LogP contribution >= 0.6 is 15.9 Å². The molecule has 0 spiro atoms. The van der Waals surface area contributed by atoms with Crippen LogP contribution < -0.4 is 5.73 Å². The van der Waals surface area contributed by atoms with Gasteiger partial charge in [0.15, 0.2) is 0 Å². The summed E-state index contributed by atoms with van der Waals surface area (Å²) in [6, 6.07) is 8.85. The lowest BCUT2D eigenvalue weighted by Gasteiger charge is -2.16. The third-order valence-electron chi connectivity index (χ3n) is 3.09. The fraction of sp³-hybridized carbons (Fsp3) is 0.200. The largest absolute Gasteiger partial charge is 0.324 e. The van der Waals surface area contributed by atoms with Crippen molar-refractivity contribution in [2.45, 2.75) is 19.4 Å². The van der Waals surface area contributed by atoms with E-state index in [-0.39, 0.29) is 17.7 Å². The maximum Gasteiger partial charge on any atom is 0.124 e. The van der Waals surface area contributed by atoms with Gasteiger partial charge in [-0.25, -0.2) is 8.78 Å². The molecule has 0 aromatic heterocycles. The molecule has 100 valence electrons. The number of benzene rings is 2. The summed E-state index contributed by atoms with van der Waals surface area (Å²) in [4.78, 5) is 0. The van der Waals surface area contributed by atoms with E-state index < -0.39 is 0 Å². The minimum Gasteiger partial charge on any atom is -0.324 e. The van der Waals surface area contributed by atoms with E-state index in [1.807, 2.05) is 6.92 Å². The van der Waals surface area contributed by atoms with Crippen molar-refractivity contribution in [3.05, 3.63) is 69.2 Å². The zero-order valence-corrected chi connectivity index (χ0v) is 12.0. The van der Waals surface area contributed by atoms with Gasteiger partial charge in [0.05, 0.1) is 0 Å². The zero-order valence-electron chi connectivity index (χ0n) is 10.5. The molecule has 0 aliphatic rings. The van der Waals surface area contributed by atoms with E-state index in [4.69, 9.17) is 5.73 Å². The second kappa shape index (κ2) is 5.80. The first-order valence-electron chi connectivity index (χ1n) is 5.93. The van der Waals surface area contributed by atoms with Gasteiger partial charge in [-0.1, -0.05) is 28.1 Å². The summed E-state index contributed by atoms with van der Waals surface area (Å²) in [5.41, 5.74) is 8.80. The van der Waals surface area contributed by atoms with E-state index in [0.717, 1.165) is 16.7 Å². The molecule has 2 N–H and O–H groups in total. The minimum atomic E-state index is -0.290. The Bertz CT molecular complexity index is 599. The predicted octanol–water partition coefficient (Wildman–Crippen LogP) is 4.28. The van der Waals surface area contributed by atoms with Crippen molar-refractivity contribution in [3.8, 4) is 0 Å². The lowest BCUT2D eigenvalue weighted by Crippen LogP contribution is -2.15. The van der Waals surface area contributed by atoms with Crippen molar-refractivity contribution in [1.29, 1.82) is 0 Å². The molecule has 0 aliphatic heterocycles. The average molecular weight is 326 g/mol. The van der Waals surface area contributed by atoms with Gasteiger partial charge in [0.25, 0.3) is 0 Å². The fourth-order valence-electron chi connectivity index (χ4n) is 2.09. The molecular formula is C15H14BrF2N. The molecule has 4 heteroatoms. The second-order valence-electron chi connectivity index (χ2n) is 4.55. The predicted molar refractivity (Wildman–Crippen MR) is 75.9 cm³/mol. The Kier molecular flexibility index (Phi) is 4.32. The molecule has 0 bridgehead atoms. The Labute approximate surface area is 119 Å². The van der Waals surface area contributed by atoms with Crippen LogP contribution in [0.5, 0.6) is 0 Å². The summed E-state index contributed by atoms with van der Waals surface area (Å²) in [6.45, 7) is 1.83. The SMILES string of the molecule is Cc1cc(F)ccc1C(N)Cc1ccc(F)cc1Br. The van der Waals surface area contributed by atoms with Crippen LogP contribution in [0, 0.1) is 18.6 Å². The molecule has 2 aromatic carbocycles. The van der Waals surface area contributed by atoms with Crippen molar-refractivity contribution in [2.24, 2.45) is 5.73 Å². The molecule has 2 rings (SSSR count). The fourth-order valence-corrected chi connectivity index (χ4v) is 2.60. The number of rotatable bonds is 3. The highest BCUT2D eigenvalue weighted by molar-refractivity contribution is 9.10. The van der Waals surface area contributed by atoms with Gasteiger partial charge in [-0.15, -0.1) is 0 Å². The van der Waals surface area contributed by atoms with E-state index in [1.54, 1.807) is 12.1 Å². The number of aryl methyl sites for hydroxylation is 1. The van der Waals surface area contributed by atoms with Crippen molar-refractivity contribution in [2.75, 3.05) is 0 Å². The van der Waals surface area contributed by atoms with Gasteiger partial charge in [0.1, 0.15) is 11.6 Å². The van der Waals surface area contributed by atoms with Crippen molar-refractivity contribution >= 4 is 15.9 Å². The highest BCUT2D eigenvalue weighted by Crippen LogP contribution is 2.25. The summed E-state index contributed by atoms with van der Waals surface area (Å²) in [5.74, 6) is -0.557. The maximum absolute atomic E-state index is 13.1. The third-order valence-corrected chi connectivity index (χ3v) is 3.82. The van der Waals surface area contributed by atoms with Gasteiger partial charge < -0.3 is 5.73 Å². The molecule has 0 saturated heterocycles. The first kappa shape index (κ1) is 14.2. The molecule has 19 heavy (non-hydrogen) atoms. The van der Waals surface area contributed by atoms with Crippen LogP contribution in [0.4, 0.5) is 8.78 Å². The van der Waals surface area contributed by atoms with Gasteiger partial charge in [0, 0.05) is 10.5 Å². The van der Waals surface area contributed by atoms with E-state index in [9.17, 15) is 8.78 Å². The molecule has 0 saturated carbocycles. The van der Waals surface area contributed by atoms with Crippen LogP contribution in [0.25, 0.3) is 0 Å². The molecule has 0 radical (unpaired) electrons. The molecular weight excluding hydrogens is 312 g/mol. The Morgan fingerprint density at radius 3 is 2.37 bits per heavy atom. The average Bonchev–Trinajstić information content (AvgIpc) is 2.32. The highest BCUT2D eigenvalue weighted by atomic mass is 79.9. The topological polar surface area (TPSA) is 26.0 Å². The van der Waals surface area contributed by atoms with Crippen molar-refractivity contribution in [1.82, 2.24) is 0 Å². The molecule has 1 unspecified atom stereocenters. The van der Waals surface area contributed by atoms with Crippen LogP contribution in [-0.2, 0) is 6.42 Å². The van der Waals surface area contributed by atoms with Gasteiger partial charge in [-0.05, 0) is 54.3 Å². The molecule has 0 heterocycles. The van der Waals surface area contributed by atoms with E-state index in [2.05, 4.69) is 15.9 Å². The minimum absolute atomic E-state index is 0.248. The summed E-state index contributed by atoms with van der Waals surface area (Å²) < 4.78 is 26.8. The van der Waals surface area contributed by atoms with E-state index >= 15 is 0 Å². The van der Waals surface area contributed by atoms with Crippen LogP contribution in [0.3, 0.4) is 0 Å². The Morgan fingerprint density at radius 2 is 1.74 bits per heavy atom. The van der Waals surface area contributed by atoms with Crippen molar-refractivity contribution in [3.63, 3.8) is 0 Å².